The van der Waals surface area contributed by atoms with E-state index in [1.807, 2.05) is 12.1 Å². The van der Waals surface area contributed by atoms with Crippen LogP contribution >= 0.6 is 0 Å². The van der Waals surface area contributed by atoms with E-state index >= 15 is 0 Å². The van der Waals surface area contributed by atoms with Crippen molar-refractivity contribution in [3.05, 3.63) is 90.3 Å². The number of nitrogens with zero attached hydrogens (tertiary/aromatic N) is 2. The quantitative estimate of drug-likeness (QED) is 0.362. The Bertz CT molecular complexity index is 1340. The normalized spacial score (nSPS) is 11.2. The number of benzene rings is 3. The Labute approximate surface area is 193 Å². The first kappa shape index (κ1) is 22.4. The molecule has 0 saturated heterocycles. The van der Waals surface area contributed by atoms with Crippen molar-refractivity contribution in [3.8, 4) is 23.0 Å². The smallest absolute Gasteiger partial charge is 0.264 e. The molecule has 4 aromatic rings. The second kappa shape index (κ2) is 9.38. The van der Waals surface area contributed by atoms with Crippen LogP contribution in [0.2, 0.25) is 0 Å². The molecule has 0 aliphatic carbocycles. The first-order valence-corrected chi connectivity index (χ1v) is 11.7. The van der Waals surface area contributed by atoms with Crippen LogP contribution in [0.15, 0.2) is 88.2 Å². The highest BCUT2D eigenvalue weighted by molar-refractivity contribution is 7.92. The number of hydrogen-bond donors (Lipinski definition) is 0. The van der Waals surface area contributed by atoms with Gasteiger partial charge in [0.1, 0.15) is 11.5 Å². The SMILES string of the molecule is COc1ccc(-c2nc(CN(c3ccccc3)S(=O)(=O)c3ccccc3)c(C)o2)cc1OC. The lowest BCUT2D eigenvalue weighted by atomic mass is 10.2. The summed E-state index contributed by atoms with van der Waals surface area (Å²) in [5, 5.41) is 0. The summed E-state index contributed by atoms with van der Waals surface area (Å²) in [6.45, 7) is 1.79. The van der Waals surface area contributed by atoms with Gasteiger partial charge < -0.3 is 13.9 Å². The lowest BCUT2D eigenvalue weighted by molar-refractivity contribution is 0.355. The van der Waals surface area contributed by atoms with Crippen molar-refractivity contribution in [2.24, 2.45) is 0 Å². The molecule has 7 nitrogen and oxygen atoms in total. The van der Waals surface area contributed by atoms with Gasteiger partial charge in [-0.1, -0.05) is 36.4 Å². The number of ether oxygens (including phenoxy) is 2. The number of sulfonamides is 1. The summed E-state index contributed by atoms with van der Waals surface area (Å²) in [4.78, 5) is 4.82. The number of methoxy groups -OCH3 is 2. The average molecular weight is 465 g/mol. The number of aryl methyl sites for hydroxylation is 1. The van der Waals surface area contributed by atoms with Gasteiger partial charge in [-0.25, -0.2) is 13.4 Å². The molecule has 1 heterocycles. The van der Waals surface area contributed by atoms with E-state index in [0.29, 0.717) is 40.1 Å². The zero-order valence-corrected chi connectivity index (χ0v) is 19.4. The highest BCUT2D eigenvalue weighted by Crippen LogP contribution is 2.33. The van der Waals surface area contributed by atoms with E-state index in [1.165, 1.54) is 4.31 Å². The predicted molar refractivity (Wildman–Crippen MR) is 126 cm³/mol. The van der Waals surface area contributed by atoms with Gasteiger partial charge >= 0.3 is 0 Å². The van der Waals surface area contributed by atoms with Crippen LogP contribution in [0.1, 0.15) is 11.5 Å². The second-order valence-corrected chi connectivity index (χ2v) is 9.11. The topological polar surface area (TPSA) is 81.9 Å². The van der Waals surface area contributed by atoms with Crippen molar-refractivity contribution in [1.82, 2.24) is 4.98 Å². The molecule has 0 amide bonds. The molecular weight excluding hydrogens is 440 g/mol. The van der Waals surface area contributed by atoms with Crippen molar-refractivity contribution in [2.45, 2.75) is 18.4 Å². The summed E-state index contributed by atoms with van der Waals surface area (Å²) in [7, 11) is -0.708. The molecule has 0 radical (unpaired) electrons. The molecule has 1 aromatic heterocycles. The van der Waals surface area contributed by atoms with Crippen LogP contribution in [0.5, 0.6) is 11.5 Å². The van der Waals surface area contributed by atoms with E-state index in [-0.39, 0.29) is 11.4 Å². The number of aromatic nitrogens is 1. The van der Waals surface area contributed by atoms with Crippen LogP contribution in [0.3, 0.4) is 0 Å². The maximum Gasteiger partial charge on any atom is 0.264 e. The van der Waals surface area contributed by atoms with Gasteiger partial charge in [0, 0.05) is 5.56 Å². The molecule has 0 atom stereocenters. The van der Waals surface area contributed by atoms with Crippen LogP contribution in [0.25, 0.3) is 11.5 Å². The summed E-state index contributed by atoms with van der Waals surface area (Å²) in [5.74, 6) is 2.04. The highest BCUT2D eigenvalue weighted by atomic mass is 32.2. The maximum absolute atomic E-state index is 13.5. The van der Waals surface area contributed by atoms with Gasteiger partial charge in [-0.05, 0) is 49.4 Å². The van der Waals surface area contributed by atoms with Crippen LogP contribution in [0, 0.1) is 6.92 Å². The number of hydrogen-bond acceptors (Lipinski definition) is 6. The van der Waals surface area contributed by atoms with E-state index in [0.717, 1.165) is 0 Å². The van der Waals surface area contributed by atoms with Gasteiger partial charge in [0.15, 0.2) is 11.5 Å². The minimum Gasteiger partial charge on any atom is -0.493 e. The largest absolute Gasteiger partial charge is 0.493 e. The minimum absolute atomic E-state index is 0.0177. The molecule has 0 bridgehead atoms. The zero-order valence-electron chi connectivity index (χ0n) is 18.6. The average Bonchev–Trinajstić information content (AvgIpc) is 3.23. The summed E-state index contributed by atoms with van der Waals surface area (Å²) in [6, 6.07) is 22.6. The van der Waals surface area contributed by atoms with Gasteiger partial charge in [-0.2, -0.15) is 0 Å². The van der Waals surface area contributed by atoms with Crippen molar-refractivity contribution < 1.29 is 22.3 Å². The van der Waals surface area contributed by atoms with E-state index in [9.17, 15) is 8.42 Å². The lowest BCUT2D eigenvalue weighted by Gasteiger charge is -2.24. The standard InChI is InChI=1S/C25H24N2O5S/c1-18-22(26-25(32-18)19-14-15-23(30-2)24(16-19)31-3)17-27(20-10-6-4-7-11-20)33(28,29)21-12-8-5-9-13-21/h4-16H,17H2,1-3H3. The van der Waals surface area contributed by atoms with Crippen LogP contribution in [-0.4, -0.2) is 27.6 Å². The molecule has 0 aliphatic heterocycles. The number of oxazole rings is 1. The third kappa shape index (κ3) is 4.56. The number of rotatable bonds is 8. The minimum atomic E-state index is -3.83. The van der Waals surface area contributed by atoms with Crippen molar-refractivity contribution in [1.29, 1.82) is 0 Å². The van der Waals surface area contributed by atoms with Gasteiger partial charge in [0.2, 0.25) is 5.89 Å². The molecule has 3 aromatic carbocycles. The van der Waals surface area contributed by atoms with Gasteiger partial charge in [0.25, 0.3) is 10.0 Å². The Morgan fingerprint density at radius 2 is 1.52 bits per heavy atom. The Morgan fingerprint density at radius 1 is 0.879 bits per heavy atom. The fraction of sp³-hybridized carbons (Fsp3) is 0.160. The van der Waals surface area contributed by atoms with E-state index in [1.54, 1.807) is 87.9 Å². The first-order chi connectivity index (χ1) is 15.9. The van der Waals surface area contributed by atoms with Gasteiger partial charge in [0.05, 0.1) is 31.3 Å². The predicted octanol–water partition coefficient (Wildman–Crippen LogP) is 5.06. The van der Waals surface area contributed by atoms with Crippen LogP contribution in [0.4, 0.5) is 5.69 Å². The lowest BCUT2D eigenvalue weighted by Crippen LogP contribution is -2.31. The Kier molecular flexibility index (Phi) is 6.37. The summed E-state index contributed by atoms with van der Waals surface area (Å²) >= 11 is 0. The van der Waals surface area contributed by atoms with Crippen molar-refractivity contribution >= 4 is 15.7 Å². The van der Waals surface area contributed by atoms with E-state index in [4.69, 9.17) is 13.9 Å². The molecule has 33 heavy (non-hydrogen) atoms. The fourth-order valence-electron chi connectivity index (χ4n) is 3.43. The Hall–Kier alpha value is -3.78. The fourth-order valence-corrected chi connectivity index (χ4v) is 4.88. The molecule has 0 N–H and O–H groups in total. The molecule has 4 rings (SSSR count). The van der Waals surface area contributed by atoms with Gasteiger partial charge in [-0.15, -0.1) is 0 Å². The number of anilines is 1. The first-order valence-electron chi connectivity index (χ1n) is 10.3. The third-order valence-electron chi connectivity index (χ3n) is 5.19. The molecular formula is C25H24N2O5S. The molecule has 0 aliphatic rings. The number of para-hydroxylation sites is 1. The summed E-state index contributed by atoms with van der Waals surface area (Å²) in [6.07, 6.45) is 0. The summed E-state index contributed by atoms with van der Waals surface area (Å²) in [5.41, 5.74) is 1.75. The third-order valence-corrected chi connectivity index (χ3v) is 6.98. The molecule has 0 spiro atoms. The Morgan fingerprint density at radius 3 is 2.15 bits per heavy atom. The monoisotopic (exact) mass is 464 g/mol. The van der Waals surface area contributed by atoms with Crippen LogP contribution < -0.4 is 13.8 Å². The molecule has 0 saturated carbocycles. The van der Waals surface area contributed by atoms with E-state index < -0.39 is 10.0 Å². The second-order valence-electron chi connectivity index (χ2n) is 7.25. The van der Waals surface area contributed by atoms with Crippen molar-refractivity contribution in [2.75, 3.05) is 18.5 Å². The van der Waals surface area contributed by atoms with Crippen LogP contribution in [-0.2, 0) is 16.6 Å². The molecule has 170 valence electrons. The maximum atomic E-state index is 13.5. The summed E-state index contributed by atoms with van der Waals surface area (Å²) < 4.78 is 44.9. The molecule has 0 unspecified atom stereocenters. The van der Waals surface area contributed by atoms with E-state index in [2.05, 4.69) is 4.98 Å². The molecule has 8 heteroatoms. The zero-order chi connectivity index (χ0) is 23.4. The Balaban J connectivity index is 1.73. The van der Waals surface area contributed by atoms with Gasteiger partial charge in [-0.3, -0.25) is 4.31 Å². The highest BCUT2D eigenvalue weighted by Gasteiger charge is 2.27. The van der Waals surface area contributed by atoms with Crippen molar-refractivity contribution in [3.63, 3.8) is 0 Å². The molecule has 0 fully saturated rings.